The van der Waals surface area contributed by atoms with Crippen LogP contribution in [0, 0.1) is 10.1 Å². The summed E-state index contributed by atoms with van der Waals surface area (Å²) in [7, 11) is 1.39. The Morgan fingerprint density at radius 3 is 2.70 bits per heavy atom. The Morgan fingerprint density at radius 2 is 2.07 bits per heavy atom. The van der Waals surface area contributed by atoms with E-state index in [2.05, 4.69) is 15.5 Å². The number of nitrogens with one attached hydrogen (secondary N) is 2. The van der Waals surface area contributed by atoms with E-state index in [9.17, 15) is 19.7 Å². The van der Waals surface area contributed by atoms with Gasteiger partial charge in [0.1, 0.15) is 11.4 Å². The summed E-state index contributed by atoms with van der Waals surface area (Å²) in [5, 5.41) is 20.6. The zero-order chi connectivity index (χ0) is 22.1. The first-order valence-electron chi connectivity index (χ1n) is 9.27. The summed E-state index contributed by atoms with van der Waals surface area (Å²) in [5.74, 6) is -0.300. The van der Waals surface area contributed by atoms with E-state index in [1.165, 1.54) is 30.2 Å². The molecular formula is C19H23N5O6. The highest BCUT2D eigenvalue weighted by molar-refractivity contribution is 6.05. The number of carbonyl (C=O) groups is 2. The highest BCUT2D eigenvalue weighted by Crippen LogP contribution is 2.30. The molecule has 0 bridgehead atoms. The molecule has 3 rings (SSSR count). The van der Waals surface area contributed by atoms with Crippen LogP contribution >= 0.6 is 0 Å². The number of nitrogens with zero attached hydrogens (tertiary/aromatic N) is 3. The molecule has 0 spiro atoms. The van der Waals surface area contributed by atoms with E-state index in [1.54, 1.807) is 20.8 Å². The number of H-pyrrole nitrogens is 1. The number of hydrogen-bond acceptors (Lipinski definition) is 7. The van der Waals surface area contributed by atoms with Gasteiger partial charge in [0.05, 0.1) is 24.3 Å². The van der Waals surface area contributed by atoms with Crippen molar-refractivity contribution in [3.8, 4) is 5.75 Å². The second-order valence-electron chi connectivity index (χ2n) is 7.78. The van der Waals surface area contributed by atoms with Crippen LogP contribution in [0.1, 0.15) is 42.5 Å². The minimum Gasteiger partial charge on any atom is -0.495 e. The Bertz CT molecular complexity index is 994. The van der Waals surface area contributed by atoms with E-state index < -0.39 is 22.5 Å². The van der Waals surface area contributed by atoms with Crippen LogP contribution in [0.2, 0.25) is 0 Å². The van der Waals surface area contributed by atoms with Crippen molar-refractivity contribution in [2.45, 2.75) is 39.3 Å². The summed E-state index contributed by atoms with van der Waals surface area (Å²) in [5.41, 5.74) is 0.762. The number of rotatable bonds is 4. The molecule has 0 unspecified atom stereocenters. The molecule has 2 heterocycles. The van der Waals surface area contributed by atoms with Crippen LogP contribution in [0.3, 0.4) is 0 Å². The van der Waals surface area contributed by atoms with E-state index in [0.717, 1.165) is 5.69 Å². The molecule has 11 nitrogen and oxygen atoms in total. The van der Waals surface area contributed by atoms with E-state index in [-0.39, 0.29) is 29.4 Å². The summed E-state index contributed by atoms with van der Waals surface area (Å²) < 4.78 is 10.6. The number of non-ortho nitro benzene ring substituents is 1. The number of hydrogen-bond donors (Lipinski definition) is 2. The number of methoxy groups -OCH3 is 1. The molecule has 1 aliphatic heterocycles. The van der Waals surface area contributed by atoms with Crippen LogP contribution < -0.4 is 10.1 Å². The molecule has 30 heavy (non-hydrogen) atoms. The van der Waals surface area contributed by atoms with Crippen LogP contribution in [-0.2, 0) is 17.7 Å². The Labute approximate surface area is 172 Å². The average Bonchev–Trinajstić information content (AvgIpc) is 3.09. The normalized spacial score (nSPS) is 13.4. The van der Waals surface area contributed by atoms with Gasteiger partial charge in [0.2, 0.25) is 0 Å². The van der Waals surface area contributed by atoms with Gasteiger partial charge in [-0.15, -0.1) is 0 Å². The Morgan fingerprint density at radius 1 is 1.33 bits per heavy atom. The van der Waals surface area contributed by atoms with Crippen molar-refractivity contribution in [1.82, 2.24) is 15.1 Å². The number of anilines is 1. The lowest BCUT2D eigenvalue weighted by atomic mass is 10.1. The molecule has 160 valence electrons. The zero-order valence-electron chi connectivity index (χ0n) is 17.1. The molecule has 0 saturated carbocycles. The number of fused-ring (bicyclic) bond motifs is 1. The monoisotopic (exact) mass is 417 g/mol. The molecule has 0 atom stereocenters. The third kappa shape index (κ3) is 4.50. The van der Waals surface area contributed by atoms with Gasteiger partial charge in [0.25, 0.3) is 11.6 Å². The quantitative estimate of drug-likeness (QED) is 0.576. The molecule has 1 aromatic carbocycles. The SMILES string of the molecule is COc1ccc([N+](=O)[O-])cc1NC(=O)c1n[nH]c2c1CN(C(=O)OC(C)(C)C)CC2. The van der Waals surface area contributed by atoms with E-state index in [1.807, 2.05) is 0 Å². The summed E-state index contributed by atoms with van der Waals surface area (Å²) in [6.07, 6.45) is 0.0238. The molecule has 2 aromatic rings. The second kappa shape index (κ2) is 8.01. The first-order valence-corrected chi connectivity index (χ1v) is 9.27. The van der Waals surface area contributed by atoms with Crippen molar-refractivity contribution in [3.63, 3.8) is 0 Å². The fourth-order valence-corrected chi connectivity index (χ4v) is 3.05. The Kier molecular flexibility index (Phi) is 5.63. The van der Waals surface area contributed by atoms with E-state index in [0.29, 0.717) is 18.5 Å². The zero-order valence-corrected chi connectivity index (χ0v) is 17.1. The summed E-state index contributed by atoms with van der Waals surface area (Å²) >= 11 is 0. The van der Waals surface area contributed by atoms with Gasteiger partial charge in [-0.25, -0.2) is 4.79 Å². The van der Waals surface area contributed by atoms with E-state index >= 15 is 0 Å². The molecular weight excluding hydrogens is 394 g/mol. The van der Waals surface area contributed by atoms with Crippen molar-refractivity contribution in [1.29, 1.82) is 0 Å². The van der Waals surface area contributed by atoms with Crippen LogP contribution in [0.4, 0.5) is 16.2 Å². The molecule has 2 amide bonds. The minimum atomic E-state index is -0.632. The van der Waals surface area contributed by atoms with Crippen molar-refractivity contribution in [2.24, 2.45) is 0 Å². The lowest BCUT2D eigenvalue weighted by Crippen LogP contribution is -2.40. The second-order valence-corrected chi connectivity index (χ2v) is 7.78. The molecule has 1 aliphatic rings. The number of benzene rings is 1. The molecule has 11 heteroatoms. The van der Waals surface area contributed by atoms with Gasteiger partial charge >= 0.3 is 6.09 Å². The van der Waals surface area contributed by atoms with Gasteiger partial charge in [0, 0.05) is 36.4 Å². The van der Waals surface area contributed by atoms with Crippen molar-refractivity contribution >= 4 is 23.4 Å². The maximum Gasteiger partial charge on any atom is 0.410 e. The van der Waals surface area contributed by atoms with Crippen LogP contribution in [0.5, 0.6) is 5.75 Å². The third-order valence-electron chi connectivity index (χ3n) is 4.44. The first-order chi connectivity index (χ1) is 14.1. The van der Waals surface area contributed by atoms with Gasteiger partial charge < -0.3 is 19.7 Å². The highest BCUT2D eigenvalue weighted by Gasteiger charge is 2.30. The van der Waals surface area contributed by atoms with Gasteiger partial charge in [-0.1, -0.05) is 0 Å². The molecule has 0 saturated heterocycles. The fourth-order valence-electron chi connectivity index (χ4n) is 3.05. The summed E-state index contributed by atoms with van der Waals surface area (Å²) in [6, 6.07) is 3.89. The van der Waals surface area contributed by atoms with Gasteiger partial charge in [-0.2, -0.15) is 5.10 Å². The highest BCUT2D eigenvalue weighted by atomic mass is 16.6. The predicted octanol–water partition coefficient (Wildman–Crippen LogP) is 2.87. The predicted molar refractivity (Wildman–Crippen MR) is 107 cm³/mol. The van der Waals surface area contributed by atoms with Crippen LogP contribution in [-0.4, -0.2) is 51.3 Å². The summed E-state index contributed by atoms with van der Waals surface area (Å²) in [4.78, 5) is 37.2. The first kappa shape index (κ1) is 21.1. The molecule has 2 N–H and O–H groups in total. The third-order valence-corrected chi connectivity index (χ3v) is 4.44. The molecule has 0 radical (unpaired) electrons. The Balaban J connectivity index is 1.82. The van der Waals surface area contributed by atoms with Gasteiger partial charge in [0.15, 0.2) is 5.69 Å². The Hall–Kier alpha value is -3.63. The van der Waals surface area contributed by atoms with Crippen LogP contribution in [0.15, 0.2) is 18.2 Å². The number of carbonyl (C=O) groups excluding carboxylic acids is 2. The largest absolute Gasteiger partial charge is 0.495 e. The topological polar surface area (TPSA) is 140 Å². The maximum atomic E-state index is 12.8. The average molecular weight is 417 g/mol. The van der Waals surface area contributed by atoms with Crippen LogP contribution in [0.25, 0.3) is 0 Å². The van der Waals surface area contributed by atoms with Crippen molar-refractivity contribution in [3.05, 3.63) is 45.3 Å². The number of nitro benzene ring substituents is 1. The van der Waals surface area contributed by atoms with Gasteiger partial charge in [-0.3, -0.25) is 20.0 Å². The molecule has 1 aromatic heterocycles. The number of ether oxygens (including phenoxy) is 2. The van der Waals surface area contributed by atoms with Gasteiger partial charge in [-0.05, 0) is 26.8 Å². The lowest BCUT2D eigenvalue weighted by Gasteiger charge is -2.30. The molecule has 0 aliphatic carbocycles. The molecule has 0 fully saturated rings. The van der Waals surface area contributed by atoms with Crippen molar-refractivity contribution < 1.29 is 24.0 Å². The standard InChI is InChI=1S/C19H23N5O6/c1-19(2,3)30-18(26)23-8-7-13-12(10-23)16(22-21-13)17(25)20-14-9-11(24(27)28)5-6-15(14)29-4/h5-6,9H,7-8,10H2,1-4H3,(H,20,25)(H,21,22). The lowest BCUT2D eigenvalue weighted by molar-refractivity contribution is -0.384. The number of aromatic amines is 1. The van der Waals surface area contributed by atoms with Crippen molar-refractivity contribution in [2.75, 3.05) is 19.0 Å². The fraction of sp³-hybridized carbons (Fsp3) is 0.421. The summed E-state index contributed by atoms with van der Waals surface area (Å²) in [6.45, 7) is 5.94. The maximum absolute atomic E-state index is 12.8. The van der Waals surface area contributed by atoms with E-state index in [4.69, 9.17) is 9.47 Å². The number of aromatic nitrogens is 2. The number of nitro groups is 1. The number of amides is 2. The minimum absolute atomic E-state index is 0.104. The smallest absolute Gasteiger partial charge is 0.410 e.